The molecule has 0 aliphatic carbocycles. The van der Waals surface area contributed by atoms with Crippen LogP contribution < -0.4 is 0 Å². The van der Waals surface area contributed by atoms with E-state index < -0.39 is 0 Å². The Morgan fingerprint density at radius 2 is 0.746 bits per heavy atom. The Morgan fingerprint density at radius 3 is 1.40 bits per heavy atom. The molecule has 0 aliphatic heterocycles. The first-order valence-electron chi connectivity index (χ1n) is 20.9. The van der Waals surface area contributed by atoms with Crippen molar-refractivity contribution in [3.63, 3.8) is 0 Å². The standard InChI is InChI=1S/C58H36N4O/c1-59-52-26-9-8-24-49(52)45-21-12-23-47(36-45)57-60-56(41-30-28-40(29-31-41)43-19-10-18-42(34-43)38-14-4-2-5-15-38)61-58(62-57)48-32-33-51-54(37-48)63-53-27-13-25-50(55(51)53)46-22-11-20-44(35-46)39-16-6-3-7-17-39/h2-37H. The summed E-state index contributed by atoms with van der Waals surface area (Å²) in [6, 6.07) is 74.7. The Morgan fingerprint density at radius 1 is 0.317 bits per heavy atom. The third-order valence-electron chi connectivity index (χ3n) is 11.6. The van der Waals surface area contributed by atoms with Gasteiger partial charge in [-0.1, -0.05) is 182 Å². The van der Waals surface area contributed by atoms with Crippen LogP contribution in [-0.2, 0) is 0 Å². The first-order chi connectivity index (χ1) is 31.1. The van der Waals surface area contributed by atoms with Crippen molar-refractivity contribution in [2.45, 2.75) is 0 Å². The molecule has 0 aliphatic rings. The number of nitrogens with zero attached hydrogens (tertiary/aromatic N) is 4. The quantitative estimate of drug-likeness (QED) is 0.144. The van der Waals surface area contributed by atoms with E-state index in [2.05, 4.69) is 150 Å². The molecule has 0 radical (unpaired) electrons. The Balaban J connectivity index is 1.01. The molecule has 0 spiro atoms. The molecule has 0 bridgehead atoms. The summed E-state index contributed by atoms with van der Waals surface area (Å²) < 4.78 is 6.60. The second-order valence-electron chi connectivity index (χ2n) is 15.5. The second kappa shape index (κ2) is 16.0. The van der Waals surface area contributed by atoms with E-state index in [1.54, 1.807) is 0 Å². The largest absolute Gasteiger partial charge is 0.456 e. The molecule has 0 atom stereocenters. The molecule has 0 unspecified atom stereocenters. The number of fused-ring (bicyclic) bond motifs is 3. The fourth-order valence-electron chi connectivity index (χ4n) is 8.43. The van der Waals surface area contributed by atoms with E-state index >= 15 is 0 Å². The van der Waals surface area contributed by atoms with Crippen LogP contribution in [0.3, 0.4) is 0 Å². The lowest BCUT2D eigenvalue weighted by Crippen LogP contribution is -2.00. The predicted molar refractivity (Wildman–Crippen MR) is 257 cm³/mol. The molecule has 0 saturated heterocycles. The average molecular weight is 805 g/mol. The van der Waals surface area contributed by atoms with Crippen molar-refractivity contribution in [1.29, 1.82) is 0 Å². The van der Waals surface area contributed by atoms with Crippen LogP contribution in [0.1, 0.15) is 0 Å². The summed E-state index contributed by atoms with van der Waals surface area (Å²) in [4.78, 5) is 19.1. The van der Waals surface area contributed by atoms with Crippen molar-refractivity contribution in [3.05, 3.63) is 230 Å². The van der Waals surface area contributed by atoms with Crippen LogP contribution in [0, 0.1) is 6.57 Å². The summed E-state index contributed by atoms with van der Waals surface area (Å²) in [5.41, 5.74) is 15.6. The van der Waals surface area contributed by atoms with Crippen LogP contribution in [0.15, 0.2) is 223 Å². The van der Waals surface area contributed by atoms with E-state index in [1.165, 1.54) is 16.7 Å². The van der Waals surface area contributed by atoms with Crippen molar-refractivity contribution in [3.8, 4) is 89.8 Å². The summed E-state index contributed by atoms with van der Waals surface area (Å²) in [6.07, 6.45) is 0. The molecule has 2 heterocycles. The van der Waals surface area contributed by atoms with Crippen LogP contribution in [-0.4, -0.2) is 15.0 Å². The zero-order valence-corrected chi connectivity index (χ0v) is 34.0. The van der Waals surface area contributed by atoms with E-state index in [9.17, 15) is 0 Å². The molecule has 0 amide bonds. The molecule has 63 heavy (non-hydrogen) atoms. The smallest absolute Gasteiger partial charge is 0.194 e. The van der Waals surface area contributed by atoms with Crippen molar-refractivity contribution in [2.24, 2.45) is 0 Å². The Kier molecular flexibility index (Phi) is 9.50. The predicted octanol–water partition coefficient (Wildman–Crippen LogP) is 15.7. The number of rotatable bonds is 8. The minimum atomic E-state index is 0.528. The van der Waals surface area contributed by atoms with Gasteiger partial charge < -0.3 is 4.42 Å². The third-order valence-corrected chi connectivity index (χ3v) is 11.6. The molecular formula is C58H36N4O. The maximum Gasteiger partial charge on any atom is 0.194 e. The Bertz CT molecular complexity index is 3510. The van der Waals surface area contributed by atoms with Gasteiger partial charge >= 0.3 is 0 Å². The zero-order valence-electron chi connectivity index (χ0n) is 34.0. The summed E-state index contributed by atoms with van der Waals surface area (Å²) in [6.45, 7) is 7.79. The highest BCUT2D eigenvalue weighted by molar-refractivity contribution is 6.13. The molecule has 294 valence electrons. The van der Waals surface area contributed by atoms with Crippen molar-refractivity contribution >= 4 is 27.6 Å². The number of benzene rings is 9. The number of hydrogen-bond acceptors (Lipinski definition) is 4. The monoisotopic (exact) mass is 804 g/mol. The topological polar surface area (TPSA) is 56.2 Å². The van der Waals surface area contributed by atoms with Gasteiger partial charge in [0.05, 0.1) is 6.57 Å². The number of aromatic nitrogens is 3. The minimum Gasteiger partial charge on any atom is -0.456 e. The van der Waals surface area contributed by atoms with Crippen LogP contribution >= 0.6 is 0 Å². The molecule has 11 rings (SSSR count). The van der Waals surface area contributed by atoms with Crippen LogP contribution in [0.5, 0.6) is 0 Å². The minimum absolute atomic E-state index is 0.528. The molecule has 11 aromatic rings. The van der Waals surface area contributed by atoms with E-state index in [0.717, 1.165) is 77.6 Å². The molecule has 5 nitrogen and oxygen atoms in total. The van der Waals surface area contributed by atoms with Crippen LogP contribution in [0.4, 0.5) is 5.69 Å². The van der Waals surface area contributed by atoms with Gasteiger partial charge in [0.1, 0.15) is 11.2 Å². The van der Waals surface area contributed by atoms with Crippen molar-refractivity contribution in [2.75, 3.05) is 0 Å². The first-order valence-corrected chi connectivity index (χ1v) is 20.9. The van der Waals surface area contributed by atoms with E-state index in [-0.39, 0.29) is 0 Å². The molecule has 0 saturated carbocycles. The van der Waals surface area contributed by atoms with Crippen molar-refractivity contribution < 1.29 is 4.42 Å². The Hall–Kier alpha value is -8.72. The summed E-state index contributed by atoms with van der Waals surface area (Å²) in [5.74, 6) is 1.61. The normalized spacial score (nSPS) is 11.2. The van der Waals surface area contributed by atoms with E-state index in [4.69, 9.17) is 25.9 Å². The highest BCUT2D eigenvalue weighted by atomic mass is 16.3. The lowest BCUT2D eigenvalue weighted by molar-refractivity contribution is 0.669. The molecule has 2 aromatic heterocycles. The highest BCUT2D eigenvalue weighted by Gasteiger charge is 2.18. The van der Waals surface area contributed by atoms with Gasteiger partial charge in [-0.05, 0) is 92.0 Å². The number of furan rings is 1. The maximum absolute atomic E-state index is 7.79. The highest BCUT2D eigenvalue weighted by Crippen LogP contribution is 2.40. The van der Waals surface area contributed by atoms with Gasteiger partial charge in [-0.2, -0.15) is 0 Å². The lowest BCUT2D eigenvalue weighted by Gasteiger charge is -2.11. The van der Waals surface area contributed by atoms with Gasteiger partial charge in [0, 0.05) is 27.5 Å². The van der Waals surface area contributed by atoms with Gasteiger partial charge in [0.25, 0.3) is 0 Å². The Labute approximate surface area is 365 Å². The van der Waals surface area contributed by atoms with E-state index in [1.807, 2.05) is 72.8 Å². The van der Waals surface area contributed by atoms with Crippen LogP contribution in [0.2, 0.25) is 0 Å². The van der Waals surface area contributed by atoms with Gasteiger partial charge in [0.2, 0.25) is 0 Å². The lowest BCUT2D eigenvalue weighted by atomic mass is 9.96. The fraction of sp³-hybridized carbons (Fsp3) is 0. The fourth-order valence-corrected chi connectivity index (χ4v) is 8.43. The van der Waals surface area contributed by atoms with E-state index in [0.29, 0.717) is 23.2 Å². The zero-order chi connectivity index (χ0) is 42.1. The van der Waals surface area contributed by atoms with Gasteiger partial charge in [-0.15, -0.1) is 0 Å². The number of hydrogen-bond donors (Lipinski definition) is 0. The third kappa shape index (κ3) is 7.22. The van der Waals surface area contributed by atoms with Gasteiger partial charge in [-0.25, -0.2) is 19.8 Å². The number of para-hydroxylation sites is 1. The average Bonchev–Trinajstić information content (AvgIpc) is 3.75. The second-order valence-corrected chi connectivity index (χ2v) is 15.5. The molecular weight excluding hydrogens is 769 g/mol. The molecule has 9 aromatic carbocycles. The van der Waals surface area contributed by atoms with Gasteiger partial charge in [-0.3, -0.25) is 0 Å². The summed E-state index contributed by atoms with van der Waals surface area (Å²) >= 11 is 0. The van der Waals surface area contributed by atoms with Crippen molar-refractivity contribution in [1.82, 2.24) is 15.0 Å². The summed E-state index contributed by atoms with van der Waals surface area (Å²) in [7, 11) is 0. The van der Waals surface area contributed by atoms with Gasteiger partial charge in [0.15, 0.2) is 23.2 Å². The first kappa shape index (κ1) is 37.3. The SMILES string of the molecule is [C-]#[N+]c1ccccc1-c1cccc(-c2nc(-c3ccc(-c4cccc(-c5ccccc5)c4)cc3)nc(-c3ccc4c(c3)oc3cccc(-c5cccc(-c6ccccc6)c5)c34)n2)c1. The maximum atomic E-state index is 7.79. The molecule has 0 fully saturated rings. The van der Waals surface area contributed by atoms with Crippen LogP contribution in [0.25, 0.3) is 117 Å². The molecule has 5 heteroatoms. The molecule has 0 N–H and O–H groups in total. The summed E-state index contributed by atoms with van der Waals surface area (Å²) in [5, 5.41) is 2.08.